The molecule has 6 N–H and O–H groups in total. The predicted octanol–water partition coefficient (Wildman–Crippen LogP) is 3.77. The number of fused-ring (bicyclic) bond motifs is 1. The molecule has 0 fully saturated rings. The standard InChI is InChI=1S/C34H44N10O9S/c1-7-43-27(17-21(2)40-43)31(46)39-32-38-24-20-23(54(36,50)51)11-12-25(24)42(32)15-9-8-13-37-29-26(44(48)49)18-22(30(35)45)19-28(29)52-16-10-14-41(6)33(47)53-34(3,4)5/h8-9,11-12,17-20,37H,7,10,13-16H2,1-6H3,(H2,35,45)(H2,36,50,51)(H,38,39,46)/b9-8+. The molecule has 54 heavy (non-hydrogen) atoms. The Morgan fingerprint density at radius 3 is 2.48 bits per heavy atom. The lowest BCUT2D eigenvalue weighted by atomic mass is 10.1. The number of benzene rings is 2. The molecule has 20 heteroatoms. The minimum Gasteiger partial charge on any atom is -0.491 e. The highest BCUT2D eigenvalue weighted by Gasteiger charge is 2.24. The van der Waals surface area contributed by atoms with Crippen molar-refractivity contribution >= 4 is 56.3 Å². The molecule has 2 heterocycles. The number of amides is 3. The third-order valence-electron chi connectivity index (χ3n) is 7.72. The summed E-state index contributed by atoms with van der Waals surface area (Å²) >= 11 is 0. The van der Waals surface area contributed by atoms with Crippen molar-refractivity contribution in [1.29, 1.82) is 0 Å². The Labute approximate surface area is 311 Å². The van der Waals surface area contributed by atoms with Crippen molar-refractivity contribution in [2.24, 2.45) is 10.9 Å². The number of nitro groups is 1. The fourth-order valence-corrected chi connectivity index (χ4v) is 5.75. The zero-order valence-electron chi connectivity index (χ0n) is 30.8. The van der Waals surface area contributed by atoms with Crippen LogP contribution in [0.5, 0.6) is 5.75 Å². The number of nitro benzene ring substituents is 1. The number of carbonyl (C=O) groups is 3. The fourth-order valence-electron chi connectivity index (χ4n) is 5.22. The number of rotatable bonds is 16. The molecule has 4 aromatic rings. The van der Waals surface area contributed by atoms with Crippen molar-refractivity contribution in [2.75, 3.05) is 37.4 Å². The second-order valence-electron chi connectivity index (χ2n) is 13.1. The number of hydrogen-bond acceptors (Lipinski definition) is 12. The van der Waals surface area contributed by atoms with Gasteiger partial charge in [-0.2, -0.15) is 5.10 Å². The lowest BCUT2D eigenvalue weighted by Crippen LogP contribution is -2.35. The van der Waals surface area contributed by atoms with E-state index in [1.807, 2.05) is 6.92 Å². The maximum absolute atomic E-state index is 13.3. The van der Waals surface area contributed by atoms with E-state index in [4.69, 9.17) is 20.3 Å². The molecule has 2 aromatic heterocycles. The van der Waals surface area contributed by atoms with E-state index in [0.717, 1.165) is 6.07 Å². The van der Waals surface area contributed by atoms with E-state index in [-0.39, 0.29) is 59.6 Å². The number of allylic oxidation sites excluding steroid dienone is 1. The summed E-state index contributed by atoms with van der Waals surface area (Å²) < 4.78 is 38.4. The number of carbonyl (C=O) groups excluding carboxylic acids is 3. The molecule has 0 aliphatic carbocycles. The van der Waals surface area contributed by atoms with E-state index < -0.39 is 44.1 Å². The summed E-state index contributed by atoms with van der Waals surface area (Å²) in [5.74, 6) is -1.25. The number of imidazole rings is 1. The molecule has 0 atom stereocenters. The highest BCUT2D eigenvalue weighted by molar-refractivity contribution is 7.89. The summed E-state index contributed by atoms with van der Waals surface area (Å²) in [4.78, 5) is 54.7. The van der Waals surface area contributed by atoms with Crippen molar-refractivity contribution in [3.63, 3.8) is 0 Å². The fraction of sp³-hybridized carbons (Fsp3) is 0.382. The molecule has 0 aliphatic heterocycles. The molecule has 19 nitrogen and oxygen atoms in total. The van der Waals surface area contributed by atoms with Gasteiger partial charge in [-0.15, -0.1) is 0 Å². The number of nitrogens with two attached hydrogens (primary N) is 2. The van der Waals surface area contributed by atoms with Crippen molar-refractivity contribution in [2.45, 2.75) is 64.6 Å². The van der Waals surface area contributed by atoms with Crippen LogP contribution in [-0.2, 0) is 27.8 Å². The van der Waals surface area contributed by atoms with Crippen molar-refractivity contribution in [3.8, 4) is 5.75 Å². The van der Waals surface area contributed by atoms with Crippen LogP contribution in [0, 0.1) is 17.0 Å². The predicted molar refractivity (Wildman–Crippen MR) is 200 cm³/mol. The number of aryl methyl sites for hydroxylation is 2. The van der Waals surface area contributed by atoms with Crippen LogP contribution in [-0.4, -0.2) is 87.8 Å². The van der Waals surface area contributed by atoms with Gasteiger partial charge in [0.1, 0.15) is 17.0 Å². The molecule has 290 valence electrons. The number of anilines is 2. The molecule has 0 saturated carbocycles. The van der Waals surface area contributed by atoms with Crippen molar-refractivity contribution in [1.82, 2.24) is 24.2 Å². The molecule has 0 unspecified atom stereocenters. The Balaban J connectivity index is 1.55. The third kappa shape index (κ3) is 10.3. The topological polar surface area (TPSA) is 262 Å². The minimum atomic E-state index is -4.04. The second-order valence-corrected chi connectivity index (χ2v) is 14.7. The van der Waals surface area contributed by atoms with Gasteiger partial charge in [0.25, 0.3) is 11.6 Å². The lowest BCUT2D eigenvalue weighted by Gasteiger charge is -2.24. The Morgan fingerprint density at radius 1 is 1.13 bits per heavy atom. The second kappa shape index (κ2) is 16.8. The van der Waals surface area contributed by atoms with Crippen LogP contribution in [0.25, 0.3) is 11.0 Å². The van der Waals surface area contributed by atoms with Gasteiger partial charge in [0, 0.05) is 44.9 Å². The number of primary sulfonamides is 1. The molecule has 4 rings (SSSR count). The molecule has 3 amide bonds. The zero-order chi connectivity index (χ0) is 40.0. The molecule has 0 radical (unpaired) electrons. The number of hydrogen-bond donors (Lipinski definition) is 4. The Hall–Kier alpha value is -6.02. The number of primary amides is 1. The van der Waals surface area contributed by atoms with Gasteiger partial charge in [0.05, 0.1) is 33.2 Å². The van der Waals surface area contributed by atoms with Crippen molar-refractivity contribution < 1.29 is 37.2 Å². The number of nitrogens with one attached hydrogen (secondary N) is 2. The number of nitrogens with zero attached hydrogens (tertiary/aromatic N) is 6. The highest BCUT2D eigenvalue weighted by Crippen LogP contribution is 2.36. The van der Waals surface area contributed by atoms with Gasteiger partial charge in [-0.05, 0) is 71.4 Å². The van der Waals surface area contributed by atoms with E-state index in [1.54, 1.807) is 57.5 Å². The van der Waals surface area contributed by atoms with E-state index in [2.05, 4.69) is 20.7 Å². The molecular formula is C34H44N10O9S. The minimum absolute atomic E-state index is 0.00383. The highest BCUT2D eigenvalue weighted by atomic mass is 32.2. The summed E-state index contributed by atoms with van der Waals surface area (Å²) in [6, 6.07) is 8.12. The maximum Gasteiger partial charge on any atom is 0.410 e. The SMILES string of the molecule is CCn1nc(C)cc1C(=O)Nc1nc2cc(S(N)(=O)=O)ccc2n1C/C=C/CNc1c(OCCCN(C)C(=O)OC(C)(C)C)cc(C(N)=O)cc1[N+](=O)[O-]. The molecule has 0 aliphatic rings. The first-order valence-corrected chi connectivity index (χ1v) is 18.3. The number of sulfonamides is 1. The summed E-state index contributed by atoms with van der Waals surface area (Å²) in [5, 5.41) is 27.5. The average Bonchev–Trinajstić information content (AvgIpc) is 3.63. The monoisotopic (exact) mass is 768 g/mol. The largest absolute Gasteiger partial charge is 0.491 e. The summed E-state index contributed by atoms with van der Waals surface area (Å²) in [5.41, 5.74) is 5.88. The van der Waals surface area contributed by atoms with Gasteiger partial charge < -0.3 is 30.0 Å². The van der Waals surface area contributed by atoms with Gasteiger partial charge in [0.2, 0.25) is 21.9 Å². The number of aromatic nitrogens is 4. The van der Waals surface area contributed by atoms with Crippen LogP contribution in [0.4, 0.5) is 22.1 Å². The van der Waals surface area contributed by atoms with Gasteiger partial charge in [-0.25, -0.2) is 23.3 Å². The molecule has 0 bridgehead atoms. The first-order chi connectivity index (χ1) is 25.3. The summed E-state index contributed by atoms with van der Waals surface area (Å²) in [7, 11) is -2.47. The van der Waals surface area contributed by atoms with Crippen LogP contribution in [0.3, 0.4) is 0 Å². The van der Waals surface area contributed by atoms with Gasteiger partial charge >= 0.3 is 6.09 Å². The van der Waals surface area contributed by atoms with Crippen LogP contribution >= 0.6 is 0 Å². The maximum atomic E-state index is 13.3. The molecular weight excluding hydrogens is 725 g/mol. The van der Waals surface area contributed by atoms with Crippen LogP contribution < -0.4 is 26.2 Å². The van der Waals surface area contributed by atoms with Gasteiger partial charge in [-0.1, -0.05) is 12.2 Å². The Morgan fingerprint density at radius 2 is 1.85 bits per heavy atom. The normalized spacial score (nSPS) is 11.8. The first kappa shape index (κ1) is 40.7. The van der Waals surface area contributed by atoms with E-state index in [1.165, 1.54) is 33.8 Å². The summed E-state index contributed by atoms with van der Waals surface area (Å²) in [6.45, 7) is 9.77. The lowest BCUT2D eigenvalue weighted by molar-refractivity contribution is -0.384. The molecule has 2 aromatic carbocycles. The smallest absolute Gasteiger partial charge is 0.410 e. The first-order valence-electron chi connectivity index (χ1n) is 16.8. The quantitative estimate of drug-likeness (QED) is 0.0550. The van der Waals surface area contributed by atoms with E-state index >= 15 is 0 Å². The van der Waals surface area contributed by atoms with Crippen LogP contribution in [0.2, 0.25) is 0 Å². The molecule has 0 spiro atoms. The van der Waals surface area contributed by atoms with Crippen LogP contribution in [0.1, 0.15) is 60.7 Å². The molecule has 0 saturated heterocycles. The third-order valence-corrected chi connectivity index (χ3v) is 8.63. The van der Waals surface area contributed by atoms with E-state index in [9.17, 15) is 32.9 Å². The van der Waals surface area contributed by atoms with Gasteiger partial charge in [0.15, 0.2) is 5.69 Å². The average molecular weight is 769 g/mol. The summed E-state index contributed by atoms with van der Waals surface area (Å²) in [6.07, 6.45) is 3.18. The van der Waals surface area contributed by atoms with Crippen LogP contribution in [0.15, 0.2) is 53.4 Å². The Bertz CT molecular complexity index is 2200. The van der Waals surface area contributed by atoms with Crippen molar-refractivity contribution in [3.05, 3.63) is 75.6 Å². The van der Waals surface area contributed by atoms with E-state index in [0.29, 0.717) is 29.9 Å². The zero-order valence-corrected chi connectivity index (χ0v) is 31.6. The number of ether oxygens (including phenoxy) is 2. The Kier molecular flexibility index (Phi) is 12.6. The van der Waals surface area contributed by atoms with Gasteiger partial charge in [-0.3, -0.25) is 29.7 Å².